The monoisotopic (exact) mass is 345 g/mol. The van der Waals surface area contributed by atoms with Gasteiger partial charge in [0.05, 0.1) is 6.33 Å². The number of carbonyl (C=O) groups excluding carboxylic acids is 1. The first-order chi connectivity index (χ1) is 11.8. The highest BCUT2D eigenvalue weighted by Gasteiger charge is 2.16. The van der Waals surface area contributed by atoms with Gasteiger partial charge >= 0.3 is 5.69 Å². The summed E-state index contributed by atoms with van der Waals surface area (Å²) in [5, 5.41) is 2.61. The van der Waals surface area contributed by atoms with E-state index in [1.807, 2.05) is 0 Å². The first-order valence-electron chi connectivity index (χ1n) is 7.46. The van der Waals surface area contributed by atoms with Crippen LogP contribution in [-0.4, -0.2) is 24.6 Å². The Labute approximate surface area is 141 Å². The predicted molar refractivity (Wildman–Crippen MR) is 90.0 cm³/mol. The number of nitrogens with zero attached hydrogens (tertiary/aromatic N) is 4. The largest absolute Gasteiger partial charge is 0.332 e. The SMILES string of the molecule is Cc1ccc(F)cc1NC(=O)Cn1cnc2c1c(=O)n(C)c(=O)n2C. The Bertz CT molecular complexity index is 1110. The van der Waals surface area contributed by atoms with E-state index in [9.17, 15) is 18.8 Å². The Morgan fingerprint density at radius 1 is 1.24 bits per heavy atom. The summed E-state index contributed by atoms with van der Waals surface area (Å²) in [6, 6.07) is 4.09. The second-order valence-electron chi connectivity index (χ2n) is 5.76. The molecule has 0 saturated carbocycles. The smallest absolute Gasteiger partial charge is 0.324 e. The average molecular weight is 345 g/mol. The van der Waals surface area contributed by atoms with Crippen molar-refractivity contribution in [3.63, 3.8) is 0 Å². The molecule has 2 heterocycles. The number of halogens is 1. The van der Waals surface area contributed by atoms with E-state index in [0.717, 1.165) is 4.57 Å². The second kappa shape index (κ2) is 6.00. The lowest BCUT2D eigenvalue weighted by Gasteiger charge is -2.10. The minimum atomic E-state index is -0.537. The minimum absolute atomic E-state index is 0.149. The van der Waals surface area contributed by atoms with E-state index < -0.39 is 23.0 Å². The van der Waals surface area contributed by atoms with Crippen molar-refractivity contribution in [1.29, 1.82) is 0 Å². The number of imidazole rings is 1. The fourth-order valence-corrected chi connectivity index (χ4v) is 2.59. The molecule has 3 rings (SSSR count). The standard InChI is InChI=1S/C16H16FN5O3/c1-9-4-5-10(17)6-11(9)19-12(23)7-22-8-18-14-13(22)15(24)21(3)16(25)20(14)2/h4-6,8H,7H2,1-3H3,(H,19,23). The summed E-state index contributed by atoms with van der Waals surface area (Å²) in [6.07, 6.45) is 1.32. The fourth-order valence-electron chi connectivity index (χ4n) is 2.59. The van der Waals surface area contributed by atoms with Crippen LogP contribution >= 0.6 is 0 Å². The topological polar surface area (TPSA) is 90.9 Å². The molecule has 0 radical (unpaired) electrons. The lowest BCUT2D eigenvalue weighted by molar-refractivity contribution is -0.116. The van der Waals surface area contributed by atoms with Gasteiger partial charge in [-0.3, -0.25) is 18.7 Å². The van der Waals surface area contributed by atoms with Gasteiger partial charge in [0, 0.05) is 19.8 Å². The Morgan fingerprint density at radius 2 is 1.96 bits per heavy atom. The maximum absolute atomic E-state index is 13.3. The van der Waals surface area contributed by atoms with Gasteiger partial charge in [-0.1, -0.05) is 6.07 Å². The number of fused-ring (bicyclic) bond motifs is 1. The van der Waals surface area contributed by atoms with Crippen molar-refractivity contribution in [2.75, 3.05) is 5.32 Å². The number of aryl methyl sites for hydroxylation is 2. The normalized spacial score (nSPS) is 11.0. The van der Waals surface area contributed by atoms with E-state index in [4.69, 9.17) is 0 Å². The van der Waals surface area contributed by atoms with Crippen LogP contribution in [0, 0.1) is 12.7 Å². The van der Waals surface area contributed by atoms with Crippen LogP contribution in [0.1, 0.15) is 5.56 Å². The first-order valence-corrected chi connectivity index (χ1v) is 7.46. The molecule has 1 N–H and O–H groups in total. The molecule has 25 heavy (non-hydrogen) atoms. The molecule has 1 amide bonds. The highest BCUT2D eigenvalue weighted by atomic mass is 19.1. The summed E-state index contributed by atoms with van der Waals surface area (Å²) in [7, 11) is 2.86. The van der Waals surface area contributed by atoms with Gasteiger partial charge in [-0.25, -0.2) is 14.2 Å². The quantitative estimate of drug-likeness (QED) is 0.749. The minimum Gasteiger partial charge on any atom is -0.324 e. The van der Waals surface area contributed by atoms with E-state index >= 15 is 0 Å². The summed E-state index contributed by atoms with van der Waals surface area (Å²) >= 11 is 0. The molecule has 3 aromatic rings. The van der Waals surface area contributed by atoms with Gasteiger partial charge in [0.15, 0.2) is 11.2 Å². The molecule has 0 unspecified atom stereocenters. The number of amides is 1. The van der Waals surface area contributed by atoms with Crippen LogP contribution in [0.2, 0.25) is 0 Å². The Hall–Kier alpha value is -3.23. The van der Waals surface area contributed by atoms with Gasteiger partial charge < -0.3 is 9.88 Å². The number of rotatable bonds is 3. The van der Waals surface area contributed by atoms with Crippen molar-refractivity contribution in [2.24, 2.45) is 14.1 Å². The van der Waals surface area contributed by atoms with Crippen LogP contribution < -0.4 is 16.6 Å². The number of benzene rings is 1. The van der Waals surface area contributed by atoms with Gasteiger partial charge in [0.25, 0.3) is 5.56 Å². The third-order valence-corrected chi connectivity index (χ3v) is 4.00. The van der Waals surface area contributed by atoms with Crippen molar-refractivity contribution in [3.8, 4) is 0 Å². The number of anilines is 1. The molecule has 0 spiro atoms. The number of hydrogen-bond acceptors (Lipinski definition) is 4. The molecule has 0 fully saturated rings. The third-order valence-electron chi connectivity index (χ3n) is 4.00. The van der Waals surface area contributed by atoms with Crippen LogP contribution in [0.5, 0.6) is 0 Å². The summed E-state index contributed by atoms with van der Waals surface area (Å²) in [5.41, 5.74) is 0.379. The molecule has 8 nitrogen and oxygen atoms in total. The Balaban J connectivity index is 1.96. The van der Waals surface area contributed by atoms with E-state index in [2.05, 4.69) is 10.3 Å². The highest BCUT2D eigenvalue weighted by Crippen LogP contribution is 2.16. The van der Waals surface area contributed by atoms with Gasteiger partial charge in [-0.05, 0) is 24.6 Å². The zero-order valence-electron chi connectivity index (χ0n) is 13.9. The van der Waals surface area contributed by atoms with Crippen LogP contribution in [0.3, 0.4) is 0 Å². The molecule has 0 saturated heterocycles. The van der Waals surface area contributed by atoms with Crippen LogP contribution in [0.25, 0.3) is 11.2 Å². The summed E-state index contributed by atoms with van der Waals surface area (Å²) in [4.78, 5) is 40.6. The van der Waals surface area contributed by atoms with Crippen molar-refractivity contribution in [2.45, 2.75) is 13.5 Å². The van der Waals surface area contributed by atoms with Crippen molar-refractivity contribution < 1.29 is 9.18 Å². The van der Waals surface area contributed by atoms with Gasteiger partial charge in [-0.2, -0.15) is 0 Å². The Kier molecular flexibility index (Phi) is 3.99. The summed E-state index contributed by atoms with van der Waals surface area (Å²) in [6.45, 7) is 1.55. The number of aromatic nitrogens is 4. The molecule has 0 aliphatic carbocycles. The summed E-state index contributed by atoms with van der Waals surface area (Å²) < 4.78 is 16.9. The molecule has 1 aromatic carbocycles. The molecule has 130 valence electrons. The zero-order chi connectivity index (χ0) is 18.3. The average Bonchev–Trinajstić information content (AvgIpc) is 2.98. The number of hydrogen-bond donors (Lipinski definition) is 1. The van der Waals surface area contributed by atoms with Crippen molar-refractivity contribution in [1.82, 2.24) is 18.7 Å². The number of nitrogens with one attached hydrogen (secondary N) is 1. The third kappa shape index (κ3) is 2.84. The lowest BCUT2D eigenvalue weighted by Crippen LogP contribution is -2.37. The molecule has 0 aliphatic heterocycles. The van der Waals surface area contributed by atoms with E-state index in [-0.39, 0.29) is 17.7 Å². The van der Waals surface area contributed by atoms with E-state index in [1.165, 1.54) is 41.7 Å². The zero-order valence-corrected chi connectivity index (χ0v) is 13.9. The van der Waals surface area contributed by atoms with Gasteiger partial charge in [0.1, 0.15) is 12.4 Å². The first kappa shape index (κ1) is 16.6. The van der Waals surface area contributed by atoms with Crippen molar-refractivity contribution in [3.05, 3.63) is 56.7 Å². The molecule has 0 atom stereocenters. The molecular weight excluding hydrogens is 329 g/mol. The molecule has 0 bridgehead atoms. The van der Waals surface area contributed by atoms with Crippen LogP contribution in [0.15, 0.2) is 34.1 Å². The fraction of sp³-hybridized carbons (Fsp3) is 0.250. The maximum Gasteiger partial charge on any atom is 0.332 e. The van der Waals surface area contributed by atoms with E-state index in [1.54, 1.807) is 13.0 Å². The highest BCUT2D eigenvalue weighted by molar-refractivity contribution is 5.92. The lowest BCUT2D eigenvalue weighted by atomic mass is 10.2. The molecular formula is C16H16FN5O3. The van der Waals surface area contributed by atoms with Crippen molar-refractivity contribution >= 4 is 22.8 Å². The molecule has 2 aromatic heterocycles. The van der Waals surface area contributed by atoms with Crippen LogP contribution in [0.4, 0.5) is 10.1 Å². The molecule has 0 aliphatic rings. The second-order valence-corrected chi connectivity index (χ2v) is 5.76. The maximum atomic E-state index is 13.3. The number of carbonyl (C=O) groups is 1. The van der Waals surface area contributed by atoms with Gasteiger partial charge in [0.2, 0.25) is 5.91 Å². The summed E-state index contributed by atoms with van der Waals surface area (Å²) in [5.74, 6) is -0.901. The van der Waals surface area contributed by atoms with Gasteiger partial charge in [-0.15, -0.1) is 0 Å². The predicted octanol–water partition coefficient (Wildman–Crippen LogP) is 0.520. The van der Waals surface area contributed by atoms with E-state index in [0.29, 0.717) is 11.3 Å². The van der Waals surface area contributed by atoms with Crippen LogP contribution in [-0.2, 0) is 25.4 Å². The Morgan fingerprint density at radius 3 is 2.68 bits per heavy atom. The molecule has 9 heteroatoms.